The van der Waals surface area contributed by atoms with Gasteiger partial charge in [0.1, 0.15) is 0 Å². The van der Waals surface area contributed by atoms with E-state index in [0.29, 0.717) is 6.10 Å². The molecule has 40 heavy (non-hydrogen) atoms. The number of allylic oxidation sites excluding steroid dienone is 4. The molecule has 0 spiro atoms. The lowest BCUT2D eigenvalue weighted by molar-refractivity contribution is -0.0139. The summed E-state index contributed by atoms with van der Waals surface area (Å²) in [5.41, 5.74) is -0.0628. The molecule has 3 heteroatoms. The van der Waals surface area contributed by atoms with E-state index in [-0.39, 0.29) is 5.54 Å². The molecule has 0 radical (unpaired) electrons. The van der Waals surface area contributed by atoms with Crippen molar-refractivity contribution in [2.45, 2.75) is 181 Å². The number of hydrogen-bond acceptors (Lipinski definition) is 3. The van der Waals surface area contributed by atoms with Gasteiger partial charge in [0, 0.05) is 21.1 Å². The van der Waals surface area contributed by atoms with Crippen LogP contribution in [-0.4, -0.2) is 42.8 Å². The van der Waals surface area contributed by atoms with Gasteiger partial charge in [0.25, 0.3) is 0 Å². The van der Waals surface area contributed by atoms with Crippen LogP contribution in [0, 0.1) is 0 Å². The van der Waals surface area contributed by atoms with E-state index >= 15 is 0 Å². The fourth-order valence-corrected chi connectivity index (χ4v) is 5.09. The van der Waals surface area contributed by atoms with Crippen LogP contribution in [0.4, 0.5) is 0 Å². The Labute approximate surface area is 252 Å². The van der Waals surface area contributed by atoms with Crippen molar-refractivity contribution < 1.29 is 4.74 Å². The summed E-state index contributed by atoms with van der Waals surface area (Å²) in [6.45, 7) is 9.04. The van der Waals surface area contributed by atoms with Gasteiger partial charge in [-0.3, -0.25) is 0 Å². The molecule has 0 heterocycles. The third kappa shape index (κ3) is 24.7. The van der Waals surface area contributed by atoms with Gasteiger partial charge in [-0.05, 0) is 77.7 Å². The van der Waals surface area contributed by atoms with Crippen molar-refractivity contribution in [1.29, 1.82) is 0 Å². The summed E-state index contributed by atoms with van der Waals surface area (Å²) < 4.78 is 6.35. The molecule has 0 aromatic rings. The van der Waals surface area contributed by atoms with Crippen LogP contribution in [0.5, 0.6) is 0 Å². The molecule has 1 unspecified atom stereocenters. The van der Waals surface area contributed by atoms with Crippen LogP contribution in [-0.2, 0) is 4.74 Å². The molecule has 0 saturated heterocycles. The van der Waals surface area contributed by atoms with Gasteiger partial charge in [0.15, 0.2) is 0 Å². The molecule has 0 aliphatic heterocycles. The molecule has 0 fully saturated rings. The minimum absolute atomic E-state index is 0.0628. The highest BCUT2D eigenvalue weighted by atomic mass is 16.5. The van der Waals surface area contributed by atoms with Crippen molar-refractivity contribution in [3.8, 4) is 0 Å². The Bertz CT molecular complexity index is 607. The second-order valence-corrected chi connectivity index (χ2v) is 12.7. The Morgan fingerprint density at radius 2 is 1.00 bits per heavy atom. The van der Waals surface area contributed by atoms with E-state index < -0.39 is 0 Å². The third-order valence-electron chi connectivity index (χ3n) is 8.29. The van der Waals surface area contributed by atoms with Crippen molar-refractivity contribution >= 4 is 0 Å². The monoisotopic (exact) mass is 561 g/mol. The molecule has 0 aliphatic carbocycles. The lowest BCUT2D eigenvalue weighted by Gasteiger charge is -2.37. The molecular weight excluding hydrogens is 488 g/mol. The minimum atomic E-state index is -0.0628. The largest absolute Gasteiger partial charge is 0.498 e. The van der Waals surface area contributed by atoms with Crippen LogP contribution in [0.2, 0.25) is 0 Å². The maximum Gasteiger partial charge on any atom is 0.0978 e. The van der Waals surface area contributed by atoms with E-state index in [0.717, 1.165) is 6.42 Å². The minimum Gasteiger partial charge on any atom is -0.498 e. The number of ether oxygens (including phenoxy) is 1. The maximum absolute atomic E-state index is 6.35. The van der Waals surface area contributed by atoms with E-state index in [1.54, 1.807) is 0 Å². The first-order chi connectivity index (χ1) is 19.3. The summed E-state index contributed by atoms with van der Waals surface area (Å²) in [5, 5.41) is 4.37. The van der Waals surface area contributed by atoms with Crippen LogP contribution >= 0.6 is 0 Å². The predicted octanol–water partition coefficient (Wildman–Crippen LogP) is 11.8. The van der Waals surface area contributed by atoms with Crippen LogP contribution in [0.1, 0.15) is 169 Å². The Balaban J connectivity index is 4.19. The predicted molar refractivity (Wildman–Crippen MR) is 181 cm³/mol. The molecule has 0 bridgehead atoms. The van der Waals surface area contributed by atoms with Gasteiger partial charge in [-0.1, -0.05) is 122 Å². The summed E-state index contributed by atoms with van der Waals surface area (Å²) in [7, 11) is 6.31. The van der Waals surface area contributed by atoms with E-state index in [1.807, 2.05) is 6.26 Å². The fraction of sp³-hybridized carbons (Fsp3) is 0.838. The lowest BCUT2D eigenvalue weighted by atomic mass is 10.0. The molecule has 1 atom stereocenters. The first-order valence-corrected chi connectivity index (χ1v) is 17.4. The second-order valence-electron chi connectivity index (χ2n) is 12.7. The highest BCUT2D eigenvalue weighted by Gasteiger charge is 2.22. The van der Waals surface area contributed by atoms with Gasteiger partial charge in [-0.2, -0.15) is 0 Å². The fourth-order valence-electron chi connectivity index (χ4n) is 5.09. The first kappa shape index (κ1) is 38.9. The van der Waals surface area contributed by atoms with Gasteiger partial charge < -0.3 is 4.74 Å². The Kier molecular flexibility index (Phi) is 27.3. The van der Waals surface area contributed by atoms with Crippen molar-refractivity contribution in [1.82, 2.24) is 10.0 Å². The molecule has 0 aromatic carbocycles. The van der Waals surface area contributed by atoms with Gasteiger partial charge in [-0.25, -0.2) is 10.0 Å². The SMILES string of the molecule is CCCCC/C=C\C/C=C\CCCCCCCCC(CCCCCCCCCC)O/C=C/C(C)(C)N(C)N(C)C. The maximum atomic E-state index is 6.35. The lowest BCUT2D eigenvalue weighted by Crippen LogP contribution is -2.47. The molecule has 0 rings (SSSR count). The van der Waals surface area contributed by atoms with Gasteiger partial charge >= 0.3 is 0 Å². The van der Waals surface area contributed by atoms with Crippen LogP contribution in [0.15, 0.2) is 36.6 Å². The van der Waals surface area contributed by atoms with Crippen LogP contribution in [0.3, 0.4) is 0 Å². The molecule has 0 aliphatic rings. The Morgan fingerprint density at radius 3 is 1.50 bits per heavy atom. The van der Waals surface area contributed by atoms with Crippen molar-refractivity contribution in [2.24, 2.45) is 0 Å². The van der Waals surface area contributed by atoms with E-state index in [1.165, 1.54) is 135 Å². The number of hydrazine groups is 1. The normalized spacial score (nSPS) is 13.6. The summed E-state index contributed by atoms with van der Waals surface area (Å²) >= 11 is 0. The molecule has 236 valence electrons. The average Bonchev–Trinajstić information content (AvgIpc) is 2.93. The quantitative estimate of drug-likeness (QED) is 0.0391. The van der Waals surface area contributed by atoms with Gasteiger partial charge in [-0.15, -0.1) is 0 Å². The van der Waals surface area contributed by atoms with Crippen LogP contribution in [0.25, 0.3) is 0 Å². The zero-order valence-electron chi connectivity index (χ0n) is 28.4. The summed E-state index contributed by atoms with van der Waals surface area (Å²) in [4.78, 5) is 0. The summed E-state index contributed by atoms with van der Waals surface area (Å²) in [5.74, 6) is 0. The van der Waals surface area contributed by atoms with Gasteiger partial charge in [0.2, 0.25) is 0 Å². The van der Waals surface area contributed by atoms with Crippen LogP contribution < -0.4 is 0 Å². The third-order valence-corrected chi connectivity index (χ3v) is 8.29. The molecular formula is C37H72N2O. The van der Waals surface area contributed by atoms with E-state index in [9.17, 15) is 0 Å². The number of hydrogen-bond donors (Lipinski definition) is 0. The second kappa shape index (κ2) is 28.1. The van der Waals surface area contributed by atoms with Gasteiger partial charge in [0.05, 0.1) is 17.9 Å². The summed E-state index contributed by atoms with van der Waals surface area (Å²) in [6, 6.07) is 0. The zero-order chi connectivity index (χ0) is 29.7. The zero-order valence-corrected chi connectivity index (χ0v) is 28.4. The number of unbranched alkanes of at least 4 members (excludes halogenated alkanes) is 16. The number of nitrogens with zero attached hydrogens (tertiary/aromatic N) is 2. The highest BCUT2D eigenvalue weighted by molar-refractivity contribution is 4.98. The molecule has 3 nitrogen and oxygen atoms in total. The van der Waals surface area contributed by atoms with Crippen molar-refractivity contribution in [3.05, 3.63) is 36.6 Å². The first-order valence-electron chi connectivity index (χ1n) is 17.4. The highest BCUT2D eigenvalue weighted by Crippen LogP contribution is 2.20. The summed E-state index contributed by atoms with van der Waals surface area (Å²) in [6.07, 6.45) is 43.1. The Hall–Kier alpha value is -1.06. The Morgan fingerprint density at radius 1 is 0.575 bits per heavy atom. The molecule has 0 amide bonds. The average molecular weight is 561 g/mol. The molecule has 0 aromatic heterocycles. The standard InChI is InChI=1S/C37H72N2O/c1-8-10-12-14-16-18-19-20-21-22-23-24-25-27-29-31-33-36(32-30-28-26-17-15-13-11-9-2)40-35-34-37(3,4)39(7)38(5)6/h16,18,20-21,34-36H,8-15,17,19,22-33H2,1-7H3/b18-16-,21-20-,35-34+. The van der Waals surface area contributed by atoms with Crippen molar-refractivity contribution in [3.63, 3.8) is 0 Å². The molecule has 0 N–H and O–H groups in total. The smallest absolute Gasteiger partial charge is 0.0978 e. The number of likely N-dealkylation sites (N-methyl/N-ethyl adjacent to an activating group) is 1. The molecule has 0 saturated carbocycles. The van der Waals surface area contributed by atoms with E-state index in [4.69, 9.17) is 4.74 Å². The van der Waals surface area contributed by atoms with Crippen molar-refractivity contribution in [2.75, 3.05) is 21.1 Å². The van der Waals surface area contributed by atoms with E-state index in [2.05, 4.69) is 89.2 Å². The number of rotatable bonds is 29. The topological polar surface area (TPSA) is 15.7 Å².